The quantitative estimate of drug-likeness (QED) is 0.791. The highest BCUT2D eigenvalue weighted by molar-refractivity contribution is 5.89. The van der Waals surface area contributed by atoms with Crippen LogP contribution < -0.4 is 5.32 Å². The van der Waals surface area contributed by atoms with Gasteiger partial charge in [0.05, 0.1) is 12.3 Å². The van der Waals surface area contributed by atoms with Crippen molar-refractivity contribution >= 4 is 17.8 Å². The van der Waals surface area contributed by atoms with Crippen molar-refractivity contribution in [2.75, 3.05) is 13.1 Å². The van der Waals surface area contributed by atoms with Crippen LogP contribution in [0.5, 0.6) is 0 Å². The van der Waals surface area contributed by atoms with Crippen molar-refractivity contribution in [2.24, 2.45) is 5.92 Å². The highest BCUT2D eigenvalue weighted by Gasteiger charge is 2.34. The lowest BCUT2D eigenvalue weighted by atomic mass is 10.1. The zero-order chi connectivity index (χ0) is 17.5. The number of nitrogens with zero attached hydrogens (tertiary/aromatic N) is 1. The molecule has 2 N–H and O–H groups in total. The summed E-state index contributed by atoms with van der Waals surface area (Å²) in [6.07, 6.45) is 2.01. The highest BCUT2D eigenvalue weighted by atomic mass is 16.4. The summed E-state index contributed by atoms with van der Waals surface area (Å²) in [5.74, 6) is -1.74. The van der Waals surface area contributed by atoms with E-state index in [9.17, 15) is 14.4 Å². The van der Waals surface area contributed by atoms with Crippen molar-refractivity contribution in [3.63, 3.8) is 0 Å². The zero-order valence-electron chi connectivity index (χ0n) is 13.9. The monoisotopic (exact) mass is 332 g/mol. The maximum absolute atomic E-state index is 12.6. The fraction of sp³-hybridized carbons (Fsp3) is 0.500. The summed E-state index contributed by atoms with van der Waals surface area (Å²) in [7, 11) is 0. The number of nitrogens with one attached hydrogen (secondary N) is 1. The lowest BCUT2D eigenvalue weighted by molar-refractivity contribution is -0.142. The number of carbonyl (C=O) groups excluding carboxylic acids is 2. The molecule has 0 radical (unpaired) electrons. The van der Waals surface area contributed by atoms with Gasteiger partial charge in [0.15, 0.2) is 0 Å². The van der Waals surface area contributed by atoms with E-state index in [2.05, 4.69) is 5.32 Å². The highest BCUT2D eigenvalue weighted by Crippen LogP contribution is 2.18. The van der Waals surface area contributed by atoms with Gasteiger partial charge in [-0.1, -0.05) is 43.7 Å². The number of carboxylic acid groups (broad SMARTS) is 1. The first kappa shape index (κ1) is 18.0. The lowest BCUT2D eigenvalue weighted by Crippen LogP contribution is -2.48. The molecular formula is C18H24N2O4. The topological polar surface area (TPSA) is 86.7 Å². The second-order valence-corrected chi connectivity index (χ2v) is 6.18. The van der Waals surface area contributed by atoms with E-state index in [4.69, 9.17) is 5.11 Å². The van der Waals surface area contributed by atoms with Crippen molar-refractivity contribution in [3.05, 3.63) is 35.9 Å². The Morgan fingerprint density at radius 2 is 2.00 bits per heavy atom. The third-order valence-electron chi connectivity index (χ3n) is 4.27. The van der Waals surface area contributed by atoms with Crippen LogP contribution in [0.3, 0.4) is 0 Å². The maximum Gasteiger partial charge on any atom is 0.308 e. The van der Waals surface area contributed by atoms with Crippen molar-refractivity contribution in [1.82, 2.24) is 10.2 Å². The molecule has 0 spiro atoms. The Labute approximate surface area is 141 Å². The zero-order valence-corrected chi connectivity index (χ0v) is 13.9. The van der Waals surface area contributed by atoms with Crippen LogP contribution in [0.2, 0.25) is 0 Å². The van der Waals surface area contributed by atoms with Gasteiger partial charge in [0.1, 0.15) is 6.04 Å². The Bertz CT molecular complexity index is 588. The minimum Gasteiger partial charge on any atom is -0.481 e. The number of aliphatic carboxylic acids is 1. The van der Waals surface area contributed by atoms with Gasteiger partial charge in [0.2, 0.25) is 11.8 Å². The van der Waals surface area contributed by atoms with Crippen molar-refractivity contribution in [2.45, 2.75) is 38.6 Å². The number of benzene rings is 1. The van der Waals surface area contributed by atoms with Gasteiger partial charge in [-0.2, -0.15) is 0 Å². The Morgan fingerprint density at radius 1 is 1.29 bits per heavy atom. The average molecular weight is 332 g/mol. The van der Waals surface area contributed by atoms with Gasteiger partial charge in [-0.3, -0.25) is 14.4 Å². The van der Waals surface area contributed by atoms with Gasteiger partial charge in [-0.25, -0.2) is 0 Å². The van der Waals surface area contributed by atoms with Crippen LogP contribution in [0.1, 0.15) is 31.7 Å². The molecule has 1 aromatic rings. The summed E-state index contributed by atoms with van der Waals surface area (Å²) >= 11 is 0. The molecule has 0 aliphatic carbocycles. The number of rotatable bonds is 7. The summed E-state index contributed by atoms with van der Waals surface area (Å²) < 4.78 is 0. The van der Waals surface area contributed by atoms with Gasteiger partial charge in [-0.15, -0.1) is 0 Å². The second kappa shape index (κ2) is 8.47. The minimum atomic E-state index is -0.870. The van der Waals surface area contributed by atoms with E-state index in [1.54, 1.807) is 4.90 Å². The molecule has 2 atom stereocenters. The number of likely N-dealkylation sites (tertiary alicyclic amines) is 1. The van der Waals surface area contributed by atoms with Crippen LogP contribution >= 0.6 is 0 Å². The van der Waals surface area contributed by atoms with E-state index < -0.39 is 17.9 Å². The number of carboxylic acids is 1. The van der Waals surface area contributed by atoms with Crippen molar-refractivity contribution in [3.8, 4) is 0 Å². The molecule has 0 aromatic heterocycles. The fourth-order valence-corrected chi connectivity index (χ4v) is 2.96. The molecule has 0 bridgehead atoms. The van der Waals surface area contributed by atoms with Gasteiger partial charge < -0.3 is 15.3 Å². The van der Waals surface area contributed by atoms with E-state index >= 15 is 0 Å². The molecule has 1 fully saturated rings. The smallest absolute Gasteiger partial charge is 0.308 e. The van der Waals surface area contributed by atoms with Gasteiger partial charge >= 0.3 is 5.97 Å². The predicted molar refractivity (Wildman–Crippen MR) is 89.3 cm³/mol. The summed E-state index contributed by atoms with van der Waals surface area (Å²) in [4.78, 5) is 37.4. The summed E-state index contributed by atoms with van der Waals surface area (Å²) in [5.41, 5.74) is 0.893. The fourth-order valence-electron chi connectivity index (χ4n) is 2.96. The molecule has 1 saturated heterocycles. The van der Waals surface area contributed by atoms with Crippen LogP contribution in [0.25, 0.3) is 0 Å². The SMILES string of the molecule is CCCC(NC(=O)Cc1ccccc1)C(=O)N1CCC(C(=O)O)C1. The second-order valence-electron chi connectivity index (χ2n) is 6.18. The first-order valence-electron chi connectivity index (χ1n) is 8.36. The Morgan fingerprint density at radius 3 is 2.58 bits per heavy atom. The molecule has 1 heterocycles. The molecular weight excluding hydrogens is 308 g/mol. The van der Waals surface area contributed by atoms with Crippen LogP contribution in [-0.2, 0) is 20.8 Å². The van der Waals surface area contributed by atoms with Gasteiger partial charge in [0.25, 0.3) is 0 Å². The molecule has 1 aromatic carbocycles. The van der Waals surface area contributed by atoms with Crippen molar-refractivity contribution in [1.29, 1.82) is 0 Å². The molecule has 24 heavy (non-hydrogen) atoms. The molecule has 1 aliphatic heterocycles. The van der Waals surface area contributed by atoms with Crippen LogP contribution in [0.15, 0.2) is 30.3 Å². The average Bonchev–Trinajstić information content (AvgIpc) is 3.05. The van der Waals surface area contributed by atoms with Crippen LogP contribution in [-0.4, -0.2) is 46.9 Å². The minimum absolute atomic E-state index is 0.179. The van der Waals surface area contributed by atoms with E-state index in [0.29, 0.717) is 19.4 Å². The third-order valence-corrected chi connectivity index (χ3v) is 4.27. The first-order valence-corrected chi connectivity index (χ1v) is 8.36. The number of hydrogen-bond donors (Lipinski definition) is 2. The Kier molecular flexibility index (Phi) is 6.35. The van der Waals surface area contributed by atoms with E-state index in [1.807, 2.05) is 37.3 Å². The molecule has 6 nitrogen and oxygen atoms in total. The molecule has 2 amide bonds. The van der Waals surface area contributed by atoms with Crippen molar-refractivity contribution < 1.29 is 19.5 Å². The largest absolute Gasteiger partial charge is 0.481 e. The predicted octanol–water partition coefficient (Wildman–Crippen LogP) is 1.45. The summed E-state index contributed by atoms with van der Waals surface area (Å²) in [6, 6.07) is 8.78. The standard InChI is InChI=1S/C18H24N2O4/c1-2-6-15(17(22)20-10-9-14(12-20)18(23)24)19-16(21)11-13-7-4-3-5-8-13/h3-5,7-8,14-15H,2,6,9-12H2,1H3,(H,19,21)(H,23,24). The molecule has 130 valence electrons. The number of hydrogen-bond acceptors (Lipinski definition) is 3. The summed E-state index contributed by atoms with van der Waals surface area (Å²) in [5, 5.41) is 11.9. The molecule has 6 heteroatoms. The number of amides is 2. The van der Waals surface area contributed by atoms with Gasteiger partial charge in [0, 0.05) is 13.1 Å². The van der Waals surface area contributed by atoms with Gasteiger partial charge in [-0.05, 0) is 18.4 Å². The Balaban J connectivity index is 1.94. The van der Waals surface area contributed by atoms with Crippen LogP contribution in [0.4, 0.5) is 0 Å². The normalized spacial score (nSPS) is 18.2. The van der Waals surface area contributed by atoms with E-state index in [1.165, 1.54) is 0 Å². The first-order chi connectivity index (χ1) is 11.5. The van der Waals surface area contributed by atoms with E-state index in [-0.39, 0.29) is 24.8 Å². The lowest BCUT2D eigenvalue weighted by Gasteiger charge is -2.24. The molecule has 2 unspecified atom stereocenters. The Hall–Kier alpha value is -2.37. The molecule has 0 saturated carbocycles. The van der Waals surface area contributed by atoms with Crippen LogP contribution in [0, 0.1) is 5.92 Å². The molecule has 1 aliphatic rings. The number of carbonyl (C=O) groups is 3. The third kappa shape index (κ3) is 4.81. The van der Waals surface area contributed by atoms with E-state index in [0.717, 1.165) is 12.0 Å². The molecule has 2 rings (SSSR count). The maximum atomic E-state index is 12.6. The summed E-state index contributed by atoms with van der Waals surface area (Å²) in [6.45, 7) is 2.61.